The fraction of sp³-hybridized carbons (Fsp3) is 0.333. The Labute approximate surface area is 116 Å². The van der Waals surface area contributed by atoms with E-state index in [9.17, 15) is 0 Å². The predicted octanol–water partition coefficient (Wildman–Crippen LogP) is 0.619. The molecule has 8 heteroatoms. The third-order valence-corrected chi connectivity index (χ3v) is 2.48. The van der Waals surface area contributed by atoms with Crippen LogP contribution in [0, 0.1) is 6.92 Å². The SMILES string of the molecule is COCc1nc(NN)cc(NCc2ccnc(C)n2)n1. The summed E-state index contributed by atoms with van der Waals surface area (Å²) < 4.78 is 5.02. The minimum atomic E-state index is 0.316. The van der Waals surface area contributed by atoms with Crippen LogP contribution >= 0.6 is 0 Å². The Morgan fingerprint density at radius 3 is 2.75 bits per heavy atom. The number of aryl methyl sites for hydroxylation is 1. The second kappa shape index (κ2) is 6.73. The van der Waals surface area contributed by atoms with Crippen molar-refractivity contribution in [1.82, 2.24) is 19.9 Å². The fourth-order valence-electron chi connectivity index (χ4n) is 1.64. The number of ether oxygens (including phenoxy) is 1. The molecule has 0 aliphatic rings. The summed E-state index contributed by atoms with van der Waals surface area (Å²) in [6.45, 7) is 2.70. The first-order valence-electron chi connectivity index (χ1n) is 6.07. The van der Waals surface area contributed by atoms with Gasteiger partial charge in [-0.1, -0.05) is 0 Å². The lowest BCUT2D eigenvalue weighted by Gasteiger charge is -2.09. The molecular weight excluding hydrogens is 258 g/mol. The van der Waals surface area contributed by atoms with Gasteiger partial charge in [-0.2, -0.15) is 0 Å². The van der Waals surface area contributed by atoms with Crippen molar-refractivity contribution in [2.75, 3.05) is 17.9 Å². The molecule has 0 bridgehead atoms. The summed E-state index contributed by atoms with van der Waals surface area (Å²) in [4.78, 5) is 16.9. The van der Waals surface area contributed by atoms with Gasteiger partial charge in [0.15, 0.2) is 5.82 Å². The van der Waals surface area contributed by atoms with Crippen LogP contribution in [0.2, 0.25) is 0 Å². The summed E-state index contributed by atoms with van der Waals surface area (Å²) in [5, 5.41) is 3.17. The van der Waals surface area contributed by atoms with Crippen LogP contribution < -0.4 is 16.6 Å². The van der Waals surface area contributed by atoms with E-state index in [1.165, 1.54) is 0 Å². The van der Waals surface area contributed by atoms with Gasteiger partial charge in [0.2, 0.25) is 0 Å². The number of hydrogen-bond acceptors (Lipinski definition) is 8. The average Bonchev–Trinajstić information content (AvgIpc) is 2.45. The number of aromatic nitrogens is 4. The number of nitrogen functional groups attached to an aromatic ring is 1. The van der Waals surface area contributed by atoms with Gasteiger partial charge >= 0.3 is 0 Å². The molecule has 0 amide bonds. The number of methoxy groups -OCH3 is 1. The van der Waals surface area contributed by atoms with E-state index in [1.54, 1.807) is 19.4 Å². The molecule has 2 heterocycles. The summed E-state index contributed by atoms with van der Waals surface area (Å²) in [6, 6.07) is 3.56. The molecule has 0 fully saturated rings. The molecule has 0 unspecified atom stereocenters. The Kier molecular flexibility index (Phi) is 4.75. The van der Waals surface area contributed by atoms with Gasteiger partial charge in [-0.15, -0.1) is 0 Å². The summed E-state index contributed by atoms with van der Waals surface area (Å²) in [5.41, 5.74) is 3.38. The topological polar surface area (TPSA) is 111 Å². The molecule has 0 aliphatic heterocycles. The van der Waals surface area contributed by atoms with E-state index in [1.807, 2.05) is 13.0 Å². The number of nitrogens with two attached hydrogens (primary N) is 1. The van der Waals surface area contributed by atoms with Crippen LogP contribution in [0.1, 0.15) is 17.3 Å². The van der Waals surface area contributed by atoms with Crippen molar-refractivity contribution in [1.29, 1.82) is 0 Å². The number of hydrogen-bond donors (Lipinski definition) is 3. The Morgan fingerprint density at radius 2 is 2.05 bits per heavy atom. The van der Waals surface area contributed by atoms with Crippen LogP contribution in [-0.2, 0) is 17.9 Å². The van der Waals surface area contributed by atoms with Crippen molar-refractivity contribution in [2.24, 2.45) is 5.84 Å². The minimum absolute atomic E-state index is 0.316. The highest BCUT2D eigenvalue weighted by atomic mass is 16.5. The van der Waals surface area contributed by atoms with Gasteiger partial charge in [0.25, 0.3) is 0 Å². The molecule has 0 spiro atoms. The van der Waals surface area contributed by atoms with Crippen LogP contribution in [0.4, 0.5) is 11.6 Å². The summed E-state index contributed by atoms with van der Waals surface area (Å²) >= 11 is 0. The van der Waals surface area contributed by atoms with E-state index in [0.717, 1.165) is 11.5 Å². The highest BCUT2D eigenvalue weighted by molar-refractivity contribution is 5.46. The van der Waals surface area contributed by atoms with Gasteiger partial charge in [0.1, 0.15) is 24.1 Å². The molecule has 0 aliphatic carbocycles. The monoisotopic (exact) mass is 275 g/mol. The Balaban J connectivity index is 2.10. The Bertz CT molecular complexity index is 575. The zero-order valence-corrected chi connectivity index (χ0v) is 11.4. The molecule has 4 N–H and O–H groups in total. The van der Waals surface area contributed by atoms with Gasteiger partial charge in [-0.25, -0.2) is 25.8 Å². The third-order valence-electron chi connectivity index (χ3n) is 2.48. The lowest BCUT2D eigenvalue weighted by atomic mass is 10.4. The van der Waals surface area contributed by atoms with Gasteiger partial charge in [-0.05, 0) is 13.0 Å². The Hall–Kier alpha value is -2.32. The smallest absolute Gasteiger partial charge is 0.158 e. The minimum Gasteiger partial charge on any atom is -0.377 e. The normalized spacial score (nSPS) is 10.3. The molecule has 0 saturated carbocycles. The first-order chi connectivity index (χ1) is 9.71. The van der Waals surface area contributed by atoms with E-state index in [-0.39, 0.29) is 0 Å². The van der Waals surface area contributed by atoms with Crippen LogP contribution in [0.3, 0.4) is 0 Å². The number of hydrazine groups is 1. The third kappa shape index (κ3) is 3.84. The van der Waals surface area contributed by atoms with Gasteiger partial charge < -0.3 is 15.5 Å². The fourth-order valence-corrected chi connectivity index (χ4v) is 1.64. The molecule has 106 valence electrons. The second-order valence-corrected chi connectivity index (χ2v) is 4.08. The highest BCUT2D eigenvalue weighted by Gasteiger charge is 2.04. The molecule has 0 atom stereocenters. The zero-order chi connectivity index (χ0) is 14.4. The molecule has 2 rings (SSSR count). The van der Waals surface area contributed by atoms with E-state index in [4.69, 9.17) is 10.6 Å². The van der Waals surface area contributed by atoms with Crippen molar-refractivity contribution in [3.8, 4) is 0 Å². The molecule has 8 nitrogen and oxygen atoms in total. The van der Waals surface area contributed by atoms with Crippen LogP contribution in [0.15, 0.2) is 18.3 Å². The Morgan fingerprint density at radius 1 is 1.25 bits per heavy atom. The number of anilines is 2. The molecule has 20 heavy (non-hydrogen) atoms. The lowest BCUT2D eigenvalue weighted by Crippen LogP contribution is -2.13. The van der Waals surface area contributed by atoms with Crippen LogP contribution in [0.5, 0.6) is 0 Å². The van der Waals surface area contributed by atoms with E-state index < -0.39 is 0 Å². The van der Waals surface area contributed by atoms with E-state index in [2.05, 4.69) is 30.7 Å². The molecular formula is C12H17N7O. The van der Waals surface area contributed by atoms with Crippen molar-refractivity contribution in [3.63, 3.8) is 0 Å². The van der Waals surface area contributed by atoms with Gasteiger partial charge in [0, 0.05) is 19.4 Å². The van der Waals surface area contributed by atoms with Crippen molar-refractivity contribution < 1.29 is 4.74 Å². The van der Waals surface area contributed by atoms with Gasteiger partial charge in [0.05, 0.1) is 12.2 Å². The quantitative estimate of drug-likeness (QED) is 0.519. The highest BCUT2D eigenvalue weighted by Crippen LogP contribution is 2.12. The predicted molar refractivity (Wildman–Crippen MR) is 74.7 cm³/mol. The maximum Gasteiger partial charge on any atom is 0.158 e. The molecule has 0 aromatic carbocycles. The van der Waals surface area contributed by atoms with E-state index in [0.29, 0.717) is 30.6 Å². The first-order valence-corrected chi connectivity index (χ1v) is 6.07. The largest absolute Gasteiger partial charge is 0.377 e. The molecule has 0 saturated heterocycles. The average molecular weight is 275 g/mol. The molecule has 2 aromatic rings. The van der Waals surface area contributed by atoms with E-state index >= 15 is 0 Å². The van der Waals surface area contributed by atoms with Crippen molar-refractivity contribution in [3.05, 3.63) is 35.7 Å². The summed E-state index contributed by atoms with van der Waals surface area (Å²) in [7, 11) is 1.59. The standard InChI is InChI=1S/C12H17N7O/c1-8-14-4-3-9(16-8)6-15-10-5-11(19-13)18-12(17-10)7-20-2/h3-5H,6-7,13H2,1-2H3,(H2,15,17,18,19). The summed E-state index contributed by atoms with van der Waals surface area (Å²) in [6.07, 6.45) is 1.72. The molecule has 2 aromatic heterocycles. The molecule has 0 radical (unpaired) electrons. The second-order valence-electron chi connectivity index (χ2n) is 4.08. The van der Waals surface area contributed by atoms with Crippen molar-refractivity contribution in [2.45, 2.75) is 20.1 Å². The first kappa shape index (κ1) is 14.1. The van der Waals surface area contributed by atoms with Crippen LogP contribution in [-0.4, -0.2) is 27.0 Å². The zero-order valence-electron chi connectivity index (χ0n) is 11.4. The van der Waals surface area contributed by atoms with Gasteiger partial charge in [-0.3, -0.25) is 0 Å². The maximum absolute atomic E-state index is 5.38. The number of nitrogens with zero attached hydrogens (tertiary/aromatic N) is 4. The van der Waals surface area contributed by atoms with Crippen LogP contribution in [0.25, 0.3) is 0 Å². The number of nitrogens with one attached hydrogen (secondary N) is 2. The number of rotatable bonds is 6. The summed E-state index contributed by atoms with van der Waals surface area (Å²) in [5.74, 6) is 7.83. The van der Waals surface area contributed by atoms with Crippen molar-refractivity contribution >= 4 is 11.6 Å². The maximum atomic E-state index is 5.38. The lowest BCUT2D eigenvalue weighted by molar-refractivity contribution is 0.178.